The summed E-state index contributed by atoms with van der Waals surface area (Å²) in [7, 11) is 0. The average Bonchev–Trinajstić information content (AvgIpc) is 3.27. The van der Waals surface area contributed by atoms with Crippen LogP contribution in [0.5, 0.6) is 0 Å². The maximum Gasteiger partial charge on any atom is 0.270 e. The normalized spacial score (nSPS) is 13.7. The van der Waals surface area contributed by atoms with Gasteiger partial charge in [-0.15, -0.1) is 11.3 Å². The van der Waals surface area contributed by atoms with Gasteiger partial charge in [0.05, 0.1) is 5.69 Å². The van der Waals surface area contributed by atoms with Crippen molar-refractivity contribution in [3.8, 4) is 10.6 Å². The topological polar surface area (TPSA) is 87.1 Å². The number of carbonyl (C=O) groups is 1. The molecule has 4 heterocycles. The van der Waals surface area contributed by atoms with E-state index in [0.29, 0.717) is 10.6 Å². The van der Waals surface area contributed by atoms with Gasteiger partial charge in [-0.3, -0.25) is 15.1 Å². The molecule has 8 nitrogen and oxygen atoms in total. The number of nitrogens with zero attached hydrogens (tertiary/aromatic N) is 6. The summed E-state index contributed by atoms with van der Waals surface area (Å²) in [5.41, 5.74) is 2.39. The minimum Gasteiger partial charge on any atom is -0.368 e. The summed E-state index contributed by atoms with van der Waals surface area (Å²) >= 11 is 1.31. The molecule has 172 valence electrons. The quantitative estimate of drug-likeness (QED) is 0.466. The minimum absolute atomic E-state index is 0.236. The fraction of sp³-hybridized carbons (Fsp3) is 0.208. The lowest BCUT2D eigenvalue weighted by molar-refractivity contribution is 0.102. The van der Waals surface area contributed by atoms with Crippen molar-refractivity contribution in [2.45, 2.75) is 6.92 Å². The second kappa shape index (κ2) is 9.52. The molecule has 1 fully saturated rings. The molecule has 0 saturated carbocycles. The van der Waals surface area contributed by atoms with Crippen LogP contribution >= 0.6 is 11.3 Å². The summed E-state index contributed by atoms with van der Waals surface area (Å²) in [4.78, 5) is 35.1. The van der Waals surface area contributed by atoms with Gasteiger partial charge in [0.2, 0.25) is 5.95 Å². The number of benzene rings is 1. The highest BCUT2D eigenvalue weighted by atomic mass is 32.1. The van der Waals surface area contributed by atoms with E-state index in [1.165, 1.54) is 17.4 Å². The summed E-state index contributed by atoms with van der Waals surface area (Å²) in [6, 6.07) is 12.2. The Balaban J connectivity index is 1.25. The van der Waals surface area contributed by atoms with Crippen LogP contribution in [0.1, 0.15) is 15.4 Å². The fourth-order valence-electron chi connectivity index (χ4n) is 3.83. The molecular formula is C24H22FN7OS. The van der Waals surface area contributed by atoms with Gasteiger partial charge in [-0.25, -0.2) is 14.4 Å². The predicted octanol–water partition coefficient (Wildman–Crippen LogP) is 4.02. The number of thiazole rings is 1. The molecule has 0 unspecified atom stereocenters. The number of piperazine rings is 1. The number of aryl methyl sites for hydroxylation is 1. The van der Waals surface area contributed by atoms with Crippen molar-refractivity contribution in [1.82, 2.24) is 19.9 Å². The highest BCUT2D eigenvalue weighted by Gasteiger charge is 2.21. The van der Waals surface area contributed by atoms with E-state index in [-0.39, 0.29) is 17.7 Å². The lowest BCUT2D eigenvalue weighted by Crippen LogP contribution is -2.46. The van der Waals surface area contributed by atoms with Crippen LogP contribution in [0.2, 0.25) is 0 Å². The SMILES string of the molecule is Cc1nc(-c2cccnc2)sc1C(=O)Nc1nccc(N2CCN(c3cccc(F)c3)CC2)n1. The summed E-state index contributed by atoms with van der Waals surface area (Å²) in [5, 5.41) is 3.54. The van der Waals surface area contributed by atoms with Gasteiger partial charge >= 0.3 is 0 Å². The molecule has 0 aliphatic carbocycles. The second-order valence-electron chi connectivity index (χ2n) is 7.82. The molecule has 34 heavy (non-hydrogen) atoms. The van der Waals surface area contributed by atoms with Gasteiger partial charge in [0, 0.05) is 56.0 Å². The van der Waals surface area contributed by atoms with Gasteiger partial charge in [0.25, 0.3) is 5.91 Å². The molecule has 1 aromatic carbocycles. The van der Waals surface area contributed by atoms with E-state index in [1.54, 1.807) is 37.6 Å². The van der Waals surface area contributed by atoms with Crippen LogP contribution in [0.25, 0.3) is 10.6 Å². The van der Waals surface area contributed by atoms with Gasteiger partial charge in [-0.05, 0) is 43.3 Å². The van der Waals surface area contributed by atoms with Crippen molar-refractivity contribution >= 4 is 34.7 Å². The molecule has 10 heteroatoms. The number of aromatic nitrogens is 4. The lowest BCUT2D eigenvalue weighted by atomic mass is 10.2. The first-order valence-corrected chi connectivity index (χ1v) is 11.7. The molecule has 1 aliphatic rings. The molecule has 3 aromatic heterocycles. The Labute approximate surface area is 200 Å². The first-order valence-electron chi connectivity index (χ1n) is 10.8. The van der Waals surface area contributed by atoms with E-state index in [1.807, 2.05) is 24.3 Å². The molecule has 0 radical (unpaired) electrons. The highest BCUT2D eigenvalue weighted by Crippen LogP contribution is 2.28. The fourth-order valence-corrected chi connectivity index (χ4v) is 4.78. The van der Waals surface area contributed by atoms with Crippen molar-refractivity contribution in [3.05, 3.63) is 77.4 Å². The van der Waals surface area contributed by atoms with Crippen LogP contribution in [0, 0.1) is 12.7 Å². The number of carbonyl (C=O) groups excluding carboxylic acids is 1. The van der Waals surface area contributed by atoms with Crippen molar-refractivity contribution in [3.63, 3.8) is 0 Å². The maximum atomic E-state index is 13.6. The van der Waals surface area contributed by atoms with E-state index in [2.05, 4.69) is 35.1 Å². The lowest BCUT2D eigenvalue weighted by Gasteiger charge is -2.36. The Hall–Kier alpha value is -3.92. The summed E-state index contributed by atoms with van der Waals surface area (Å²) in [5.74, 6) is 0.449. The van der Waals surface area contributed by atoms with Crippen LogP contribution < -0.4 is 15.1 Å². The van der Waals surface area contributed by atoms with Crippen molar-refractivity contribution in [2.24, 2.45) is 0 Å². The Kier molecular flexibility index (Phi) is 6.13. The minimum atomic E-state index is -0.293. The summed E-state index contributed by atoms with van der Waals surface area (Å²) < 4.78 is 13.6. The van der Waals surface area contributed by atoms with Gasteiger partial charge in [-0.2, -0.15) is 4.98 Å². The van der Waals surface area contributed by atoms with Crippen LogP contribution in [0.4, 0.5) is 21.8 Å². The maximum absolute atomic E-state index is 13.6. The molecule has 0 spiro atoms. The highest BCUT2D eigenvalue weighted by molar-refractivity contribution is 7.17. The number of halogens is 1. The average molecular weight is 476 g/mol. The van der Waals surface area contributed by atoms with E-state index in [9.17, 15) is 9.18 Å². The van der Waals surface area contributed by atoms with E-state index >= 15 is 0 Å². The third-order valence-electron chi connectivity index (χ3n) is 5.55. The molecular weight excluding hydrogens is 453 g/mol. The number of hydrogen-bond acceptors (Lipinski definition) is 8. The molecule has 1 N–H and O–H groups in total. The molecule has 5 rings (SSSR count). The van der Waals surface area contributed by atoms with Crippen LogP contribution in [-0.2, 0) is 0 Å². The number of pyridine rings is 1. The van der Waals surface area contributed by atoms with Gasteiger partial charge < -0.3 is 9.80 Å². The Bertz CT molecular complexity index is 1310. The Morgan fingerprint density at radius 1 is 1.03 bits per heavy atom. The molecule has 1 amide bonds. The summed E-state index contributed by atoms with van der Waals surface area (Å²) in [6.07, 6.45) is 5.06. The Morgan fingerprint density at radius 2 is 1.85 bits per heavy atom. The zero-order chi connectivity index (χ0) is 23.5. The van der Waals surface area contributed by atoms with Gasteiger partial charge in [0.15, 0.2) is 0 Å². The number of rotatable bonds is 5. The second-order valence-corrected chi connectivity index (χ2v) is 8.82. The number of hydrogen-bond donors (Lipinski definition) is 1. The van der Waals surface area contributed by atoms with E-state index in [0.717, 1.165) is 48.3 Å². The first-order chi connectivity index (χ1) is 16.6. The number of amides is 1. The third-order valence-corrected chi connectivity index (χ3v) is 6.76. The third kappa shape index (κ3) is 4.72. The number of nitrogens with one attached hydrogen (secondary N) is 1. The van der Waals surface area contributed by atoms with E-state index < -0.39 is 0 Å². The number of anilines is 3. The zero-order valence-corrected chi connectivity index (χ0v) is 19.3. The molecule has 4 aromatic rings. The standard InChI is InChI=1S/C24H22FN7OS/c1-16-21(34-23(28-16)17-4-3-8-26-15-17)22(33)30-24-27-9-7-20(29-24)32-12-10-31(11-13-32)19-6-2-5-18(25)14-19/h2-9,14-15H,10-13H2,1H3,(H,27,29,30,33). The van der Waals surface area contributed by atoms with Crippen molar-refractivity contribution in [2.75, 3.05) is 41.3 Å². The zero-order valence-electron chi connectivity index (χ0n) is 18.5. The molecule has 0 atom stereocenters. The van der Waals surface area contributed by atoms with Crippen molar-refractivity contribution < 1.29 is 9.18 Å². The van der Waals surface area contributed by atoms with Crippen LogP contribution in [0.15, 0.2) is 61.1 Å². The van der Waals surface area contributed by atoms with Gasteiger partial charge in [0.1, 0.15) is 21.5 Å². The van der Waals surface area contributed by atoms with Crippen LogP contribution in [0.3, 0.4) is 0 Å². The predicted molar refractivity (Wildman–Crippen MR) is 131 cm³/mol. The molecule has 1 saturated heterocycles. The largest absolute Gasteiger partial charge is 0.368 e. The molecule has 1 aliphatic heterocycles. The monoisotopic (exact) mass is 475 g/mol. The van der Waals surface area contributed by atoms with Gasteiger partial charge in [-0.1, -0.05) is 6.07 Å². The van der Waals surface area contributed by atoms with Crippen LogP contribution in [-0.4, -0.2) is 52.0 Å². The van der Waals surface area contributed by atoms with E-state index in [4.69, 9.17) is 0 Å². The summed E-state index contributed by atoms with van der Waals surface area (Å²) in [6.45, 7) is 4.74. The first kappa shape index (κ1) is 21.9. The molecule has 0 bridgehead atoms. The smallest absolute Gasteiger partial charge is 0.270 e. The Morgan fingerprint density at radius 3 is 2.62 bits per heavy atom. The van der Waals surface area contributed by atoms with Crippen molar-refractivity contribution in [1.29, 1.82) is 0 Å².